The summed E-state index contributed by atoms with van der Waals surface area (Å²) in [5.74, 6) is 0.266. The Bertz CT molecular complexity index is 542. The van der Waals surface area contributed by atoms with Crippen molar-refractivity contribution in [1.82, 2.24) is 10.3 Å². The van der Waals surface area contributed by atoms with Crippen LogP contribution in [0.1, 0.15) is 29.2 Å². The molecule has 0 bridgehead atoms. The fraction of sp³-hybridized carbons (Fsp3) is 0.308. The number of thiazole rings is 1. The third-order valence-electron chi connectivity index (χ3n) is 2.63. The molecule has 0 saturated carbocycles. The highest BCUT2D eigenvalue weighted by molar-refractivity contribution is 9.10. The van der Waals surface area contributed by atoms with E-state index in [0.717, 1.165) is 27.3 Å². The maximum atomic E-state index is 9.43. The molecule has 18 heavy (non-hydrogen) atoms. The van der Waals surface area contributed by atoms with Gasteiger partial charge < -0.3 is 10.4 Å². The molecule has 0 amide bonds. The molecule has 96 valence electrons. The van der Waals surface area contributed by atoms with Gasteiger partial charge in [-0.25, -0.2) is 4.98 Å². The Balaban J connectivity index is 1.97. The van der Waals surface area contributed by atoms with E-state index in [2.05, 4.69) is 38.5 Å². The first-order chi connectivity index (χ1) is 8.56. The van der Waals surface area contributed by atoms with Gasteiger partial charge in [0.1, 0.15) is 10.8 Å². The van der Waals surface area contributed by atoms with E-state index in [4.69, 9.17) is 0 Å². The summed E-state index contributed by atoms with van der Waals surface area (Å²) in [5.41, 5.74) is 2.19. The minimum absolute atomic E-state index is 0.233. The molecular formula is C13H15BrN2OS. The van der Waals surface area contributed by atoms with Crippen LogP contribution < -0.4 is 5.32 Å². The number of aryl methyl sites for hydroxylation is 1. The van der Waals surface area contributed by atoms with Crippen molar-refractivity contribution in [2.45, 2.75) is 26.4 Å². The number of nitrogens with one attached hydrogen (secondary N) is 1. The summed E-state index contributed by atoms with van der Waals surface area (Å²) in [4.78, 5) is 4.46. The highest BCUT2D eigenvalue weighted by Crippen LogP contribution is 2.24. The molecule has 5 heteroatoms. The van der Waals surface area contributed by atoms with Gasteiger partial charge in [0.05, 0.1) is 10.5 Å². The maximum Gasteiger partial charge on any atom is 0.129 e. The van der Waals surface area contributed by atoms with Gasteiger partial charge >= 0.3 is 0 Å². The monoisotopic (exact) mass is 326 g/mol. The lowest BCUT2D eigenvalue weighted by Crippen LogP contribution is -2.17. The Kier molecular flexibility index (Phi) is 4.37. The van der Waals surface area contributed by atoms with E-state index in [1.807, 2.05) is 19.1 Å². The Labute approximate surface area is 119 Å². The van der Waals surface area contributed by atoms with Gasteiger partial charge in [0.15, 0.2) is 0 Å². The van der Waals surface area contributed by atoms with E-state index in [9.17, 15) is 5.11 Å². The number of hydrogen-bond acceptors (Lipinski definition) is 4. The molecule has 1 aromatic heterocycles. The zero-order valence-electron chi connectivity index (χ0n) is 10.3. The van der Waals surface area contributed by atoms with Gasteiger partial charge in [-0.1, -0.05) is 6.07 Å². The Morgan fingerprint density at radius 2 is 2.28 bits per heavy atom. The number of hydrogen-bond donors (Lipinski definition) is 2. The first-order valence-electron chi connectivity index (χ1n) is 5.69. The van der Waals surface area contributed by atoms with Crippen LogP contribution in [0.4, 0.5) is 0 Å². The average molecular weight is 327 g/mol. The van der Waals surface area contributed by atoms with Gasteiger partial charge in [0.2, 0.25) is 0 Å². The van der Waals surface area contributed by atoms with Crippen molar-refractivity contribution in [2.24, 2.45) is 0 Å². The number of phenols is 1. The molecule has 0 aliphatic carbocycles. The van der Waals surface area contributed by atoms with E-state index in [1.54, 1.807) is 17.4 Å². The summed E-state index contributed by atoms with van der Waals surface area (Å²) in [6.07, 6.45) is 0. The quantitative estimate of drug-likeness (QED) is 0.898. The molecule has 1 aromatic carbocycles. The number of rotatable bonds is 4. The zero-order valence-corrected chi connectivity index (χ0v) is 12.7. The fourth-order valence-electron chi connectivity index (χ4n) is 1.59. The van der Waals surface area contributed by atoms with E-state index in [1.165, 1.54) is 0 Å². The molecule has 2 aromatic rings. The van der Waals surface area contributed by atoms with Crippen molar-refractivity contribution in [3.05, 3.63) is 44.3 Å². The van der Waals surface area contributed by atoms with Gasteiger partial charge in [0, 0.05) is 17.6 Å². The summed E-state index contributed by atoms with van der Waals surface area (Å²) in [6.45, 7) is 4.86. The lowest BCUT2D eigenvalue weighted by atomic mass is 10.2. The molecule has 1 heterocycles. The normalized spacial score (nSPS) is 12.6. The molecule has 3 nitrogen and oxygen atoms in total. The summed E-state index contributed by atoms with van der Waals surface area (Å²) in [5, 5.41) is 16.0. The first kappa shape index (κ1) is 13.5. The molecular weight excluding hydrogens is 312 g/mol. The minimum Gasteiger partial charge on any atom is -0.507 e. The summed E-state index contributed by atoms with van der Waals surface area (Å²) in [6, 6.07) is 5.75. The fourth-order valence-corrected chi connectivity index (χ4v) is 2.84. The van der Waals surface area contributed by atoms with Crippen molar-refractivity contribution in [3.8, 4) is 5.75 Å². The zero-order chi connectivity index (χ0) is 13.1. The van der Waals surface area contributed by atoms with Gasteiger partial charge in [-0.15, -0.1) is 11.3 Å². The second kappa shape index (κ2) is 5.82. The van der Waals surface area contributed by atoms with Crippen LogP contribution in [0.5, 0.6) is 5.75 Å². The van der Waals surface area contributed by atoms with Crippen molar-refractivity contribution in [1.29, 1.82) is 0 Å². The van der Waals surface area contributed by atoms with Crippen LogP contribution in [0.2, 0.25) is 0 Å². The van der Waals surface area contributed by atoms with Crippen LogP contribution >= 0.6 is 27.3 Å². The predicted molar refractivity (Wildman–Crippen MR) is 77.9 cm³/mol. The number of phenolic OH excluding ortho intramolecular Hbond substituents is 1. The van der Waals surface area contributed by atoms with Crippen molar-refractivity contribution >= 4 is 27.3 Å². The van der Waals surface area contributed by atoms with E-state index in [0.29, 0.717) is 0 Å². The molecule has 1 unspecified atom stereocenters. The van der Waals surface area contributed by atoms with Crippen LogP contribution in [-0.4, -0.2) is 10.1 Å². The molecule has 0 saturated heterocycles. The predicted octanol–water partition coefficient (Wildman–Crippen LogP) is 3.77. The Morgan fingerprint density at radius 1 is 1.50 bits per heavy atom. The van der Waals surface area contributed by atoms with Gasteiger partial charge in [0.25, 0.3) is 0 Å². The van der Waals surface area contributed by atoms with Crippen molar-refractivity contribution in [3.63, 3.8) is 0 Å². The highest BCUT2D eigenvalue weighted by Gasteiger charge is 2.09. The number of nitrogens with zero attached hydrogens (tertiary/aromatic N) is 1. The average Bonchev–Trinajstić information content (AvgIpc) is 2.77. The van der Waals surface area contributed by atoms with Gasteiger partial charge in [-0.2, -0.15) is 0 Å². The standard InChI is InChI=1S/C13H15BrN2OS/c1-8-7-18-13(16-8)9(2)15-6-10-3-4-12(17)11(14)5-10/h3-5,7,9,15,17H,6H2,1-2H3. The van der Waals surface area contributed by atoms with Crippen molar-refractivity contribution in [2.75, 3.05) is 0 Å². The molecule has 2 N–H and O–H groups in total. The maximum absolute atomic E-state index is 9.43. The lowest BCUT2D eigenvalue weighted by Gasteiger charge is -2.11. The minimum atomic E-state index is 0.233. The number of halogens is 1. The van der Waals surface area contributed by atoms with Crippen LogP contribution in [0.15, 0.2) is 28.1 Å². The van der Waals surface area contributed by atoms with E-state index in [-0.39, 0.29) is 11.8 Å². The van der Waals surface area contributed by atoms with E-state index < -0.39 is 0 Å². The third kappa shape index (κ3) is 3.31. The SMILES string of the molecule is Cc1csc(C(C)NCc2ccc(O)c(Br)c2)n1. The molecule has 2 rings (SSSR count). The molecule has 0 aliphatic rings. The van der Waals surface area contributed by atoms with Crippen LogP contribution in [0.3, 0.4) is 0 Å². The van der Waals surface area contributed by atoms with Gasteiger partial charge in [-0.3, -0.25) is 0 Å². The molecule has 1 atom stereocenters. The second-order valence-corrected chi connectivity index (χ2v) is 5.96. The Morgan fingerprint density at radius 3 is 2.89 bits per heavy atom. The molecule has 0 aliphatic heterocycles. The van der Waals surface area contributed by atoms with Crippen LogP contribution in [-0.2, 0) is 6.54 Å². The smallest absolute Gasteiger partial charge is 0.129 e. The third-order valence-corrected chi connectivity index (χ3v) is 4.41. The second-order valence-electron chi connectivity index (χ2n) is 4.22. The Hall–Kier alpha value is -0.910. The summed E-state index contributed by atoms with van der Waals surface area (Å²) < 4.78 is 0.722. The first-order valence-corrected chi connectivity index (χ1v) is 7.36. The summed E-state index contributed by atoms with van der Waals surface area (Å²) in [7, 11) is 0. The van der Waals surface area contributed by atoms with Crippen molar-refractivity contribution < 1.29 is 5.11 Å². The highest BCUT2D eigenvalue weighted by atomic mass is 79.9. The molecule has 0 radical (unpaired) electrons. The molecule has 0 spiro atoms. The van der Waals surface area contributed by atoms with E-state index >= 15 is 0 Å². The number of benzene rings is 1. The van der Waals surface area contributed by atoms with Crippen LogP contribution in [0.25, 0.3) is 0 Å². The summed E-state index contributed by atoms with van der Waals surface area (Å²) >= 11 is 4.99. The number of aromatic hydroxyl groups is 1. The largest absolute Gasteiger partial charge is 0.507 e. The topological polar surface area (TPSA) is 45.1 Å². The number of aromatic nitrogens is 1. The van der Waals surface area contributed by atoms with Crippen LogP contribution in [0, 0.1) is 6.92 Å². The molecule has 0 fully saturated rings. The lowest BCUT2D eigenvalue weighted by molar-refractivity contribution is 0.471. The van der Waals surface area contributed by atoms with Gasteiger partial charge in [-0.05, 0) is 47.5 Å².